The van der Waals surface area contributed by atoms with E-state index in [0.717, 1.165) is 21.8 Å². The summed E-state index contributed by atoms with van der Waals surface area (Å²) < 4.78 is 9.51. The molecule has 0 aromatic heterocycles. The molecule has 1 aromatic rings. The van der Waals surface area contributed by atoms with Gasteiger partial charge < -0.3 is 14.6 Å². The summed E-state index contributed by atoms with van der Waals surface area (Å²) in [5.41, 5.74) is 2.25. The third-order valence-electron chi connectivity index (χ3n) is 3.15. The molecule has 2 rings (SSSR count). The molecule has 0 spiro atoms. The van der Waals surface area contributed by atoms with Gasteiger partial charge in [-0.15, -0.1) is 0 Å². The Labute approximate surface area is 110 Å². The Morgan fingerprint density at radius 1 is 1.39 bits per heavy atom. The summed E-state index contributed by atoms with van der Waals surface area (Å²) in [6.45, 7) is 4.49. The number of carboxylic acids is 1. The van der Waals surface area contributed by atoms with Crippen LogP contribution >= 0.6 is 11.8 Å². The van der Waals surface area contributed by atoms with Crippen molar-refractivity contribution in [2.45, 2.75) is 23.5 Å². The van der Waals surface area contributed by atoms with Crippen molar-refractivity contribution in [1.29, 1.82) is 0 Å². The molecule has 0 atom stereocenters. The molecule has 4 nitrogen and oxygen atoms in total. The number of methoxy groups -OCH3 is 1. The van der Waals surface area contributed by atoms with E-state index in [1.165, 1.54) is 11.8 Å². The third-order valence-corrected chi connectivity index (χ3v) is 4.49. The Kier molecular flexibility index (Phi) is 3.54. The van der Waals surface area contributed by atoms with E-state index < -0.39 is 10.7 Å². The molecule has 0 bridgehead atoms. The molecule has 5 heteroatoms. The lowest BCUT2D eigenvalue weighted by atomic mass is 10.1. The predicted octanol–water partition coefficient (Wildman–Crippen LogP) is 2.26. The summed E-state index contributed by atoms with van der Waals surface area (Å²) in [7, 11) is 1.60. The fourth-order valence-electron chi connectivity index (χ4n) is 1.73. The van der Waals surface area contributed by atoms with Crippen LogP contribution in [0, 0.1) is 13.8 Å². The predicted molar refractivity (Wildman–Crippen MR) is 69.5 cm³/mol. The third kappa shape index (κ3) is 2.20. The number of ether oxygens (including phenoxy) is 2. The van der Waals surface area contributed by atoms with Gasteiger partial charge in [-0.05, 0) is 37.1 Å². The zero-order chi connectivity index (χ0) is 13.3. The van der Waals surface area contributed by atoms with E-state index in [2.05, 4.69) is 0 Å². The highest BCUT2D eigenvalue weighted by Crippen LogP contribution is 2.43. The molecule has 1 fully saturated rings. The summed E-state index contributed by atoms with van der Waals surface area (Å²) in [6, 6.07) is 3.91. The van der Waals surface area contributed by atoms with Gasteiger partial charge in [-0.3, -0.25) is 4.79 Å². The highest BCUT2D eigenvalue weighted by atomic mass is 32.2. The van der Waals surface area contributed by atoms with Gasteiger partial charge in [0.05, 0.1) is 25.2 Å². The number of benzene rings is 1. The van der Waals surface area contributed by atoms with Crippen molar-refractivity contribution in [3.8, 4) is 5.75 Å². The molecule has 18 heavy (non-hydrogen) atoms. The smallest absolute Gasteiger partial charge is 0.324 e. The van der Waals surface area contributed by atoms with E-state index in [9.17, 15) is 9.90 Å². The maximum Gasteiger partial charge on any atom is 0.324 e. The summed E-state index contributed by atoms with van der Waals surface area (Å²) >= 11 is 1.31. The van der Waals surface area contributed by atoms with Crippen LogP contribution < -0.4 is 4.74 Å². The number of hydrogen-bond acceptors (Lipinski definition) is 4. The molecule has 1 aromatic carbocycles. The van der Waals surface area contributed by atoms with Crippen LogP contribution in [0.2, 0.25) is 0 Å². The lowest BCUT2D eigenvalue weighted by molar-refractivity contribution is -0.151. The maximum atomic E-state index is 11.3. The molecule has 98 valence electrons. The van der Waals surface area contributed by atoms with Crippen molar-refractivity contribution in [2.75, 3.05) is 20.3 Å². The van der Waals surface area contributed by atoms with Crippen LogP contribution in [0.5, 0.6) is 5.75 Å². The number of thioether (sulfide) groups is 1. The van der Waals surface area contributed by atoms with Crippen LogP contribution in [0.25, 0.3) is 0 Å². The molecular formula is C13H16O4S. The second-order valence-electron chi connectivity index (χ2n) is 4.48. The Morgan fingerprint density at radius 3 is 2.44 bits per heavy atom. The van der Waals surface area contributed by atoms with E-state index >= 15 is 0 Å². The number of hydrogen-bond donors (Lipinski definition) is 1. The van der Waals surface area contributed by atoms with E-state index in [1.807, 2.05) is 26.0 Å². The zero-order valence-corrected chi connectivity index (χ0v) is 11.5. The van der Waals surface area contributed by atoms with Gasteiger partial charge in [-0.1, -0.05) is 11.8 Å². The minimum Gasteiger partial charge on any atom is -0.496 e. The van der Waals surface area contributed by atoms with Crippen molar-refractivity contribution in [2.24, 2.45) is 0 Å². The molecule has 0 saturated carbocycles. The second-order valence-corrected chi connectivity index (χ2v) is 5.91. The molecule has 0 aliphatic carbocycles. The fourth-order valence-corrected chi connectivity index (χ4v) is 3.00. The zero-order valence-electron chi connectivity index (χ0n) is 10.6. The van der Waals surface area contributed by atoms with E-state index in [0.29, 0.717) is 0 Å². The first-order chi connectivity index (χ1) is 8.48. The molecule has 1 aliphatic rings. The van der Waals surface area contributed by atoms with Gasteiger partial charge in [0.25, 0.3) is 0 Å². The van der Waals surface area contributed by atoms with Crippen LogP contribution in [0.1, 0.15) is 11.1 Å². The topological polar surface area (TPSA) is 55.8 Å². The fraction of sp³-hybridized carbons (Fsp3) is 0.462. The summed E-state index contributed by atoms with van der Waals surface area (Å²) in [5.74, 6) is -0.116. The van der Waals surface area contributed by atoms with E-state index in [-0.39, 0.29) is 13.2 Å². The van der Waals surface area contributed by atoms with Crippen molar-refractivity contribution < 1.29 is 19.4 Å². The van der Waals surface area contributed by atoms with Crippen LogP contribution in [0.3, 0.4) is 0 Å². The first kappa shape index (κ1) is 13.2. The number of carboxylic acid groups (broad SMARTS) is 1. The number of aliphatic carboxylic acids is 1. The van der Waals surface area contributed by atoms with Crippen molar-refractivity contribution >= 4 is 17.7 Å². The van der Waals surface area contributed by atoms with Gasteiger partial charge in [0.15, 0.2) is 4.75 Å². The van der Waals surface area contributed by atoms with Gasteiger partial charge in [0, 0.05) is 0 Å². The van der Waals surface area contributed by atoms with Crippen molar-refractivity contribution in [1.82, 2.24) is 0 Å². The molecule has 1 heterocycles. The molecule has 1 N–H and O–H groups in total. The highest BCUT2D eigenvalue weighted by Gasteiger charge is 2.48. The van der Waals surface area contributed by atoms with E-state index in [4.69, 9.17) is 9.47 Å². The molecule has 1 aliphatic heterocycles. The molecule has 0 amide bonds. The monoisotopic (exact) mass is 268 g/mol. The summed E-state index contributed by atoms with van der Waals surface area (Å²) in [6.07, 6.45) is 0. The van der Waals surface area contributed by atoms with Crippen molar-refractivity contribution in [3.63, 3.8) is 0 Å². The molecular weight excluding hydrogens is 252 g/mol. The Bertz CT molecular complexity index is 480. The SMILES string of the molecule is COc1cc(C)c(C)cc1SC1(C(=O)O)COC1. The maximum absolute atomic E-state index is 11.3. The Hall–Kier alpha value is -1.20. The standard InChI is InChI=1S/C13H16O4S/c1-8-4-10(16-3)11(5-9(8)2)18-13(12(14)15)6-17-7-13/h4-5H,6-7H2,1-3H3,(H,14,15). The van der Waals surface area contributed by atoms with Gasteiger partial charge >= 0.3 is 5.97 Å². The molecule has 0 unspecified atom stereocenters. The van der Waals surface area contributed by atoms with Crippen molar-refractivity contribution in [3.05, 3.63) is 23.3 Å². The van der Waals surface area contributed by atoms with Crippen LogP contribution in [0.15, 0.2) is 17.0 Å². The minimum atomic E-state index is -0.866. The quantitative estimate of drug-likeness (QED) is 0.907. The van der Waals surface area contributed by atoms with Gasteiger partial charge in [0.2, 0.25) is 0 Å². The van der Waals surface area contributed by atoms with Gasteiger partial charge in [0.1, 0.15) is 5.75 Å². The van der Waals surface area contributed by atoms with Crippen LogP contribution in [0.4, 0.5) is 0 Å². The second kappa shape index (κ2) is 4.82. The lowest BCUT2D eigenvalue weighted by Crippen LogP contribution is -2.53. The average molecular weight is 268 g/mol. The first-order valence-corrected chi connectivity index (χ1v) is 6.45. The number of rotatable bonds is 4. The van der Waals surface area contributed by atoms with Crippen LogP contribution in [-0.2, 0) is 9.53 Å². The van der Waals surface area contributed by atoms with Gasteiger partial charge in [-0.2, -0.15) is 0 Å². The normalized spacial score (nSPS) is 17.1. The molecule has 0 radical (unpaired) electrons. The highest BCUT2D eigenvalue weighted by molar-refractivity contribution is 8.01. The summed E-state index contributed by atoms with van der Waals surface area (Å²) in [4.78, 5) is 12.2. The largest absolute Gasteiger partial charge is 0.496 e. The summed E-state index contributed by atoms with van der Waals surface area (Å²) in [5, 5.41) is 9.29. The first-order valence-electron chi connectivity index (χ1n) is 5.64. The minimum absolute atomic E-state index is 0.239. The van der Waals surface area contributed by atoms with Crippen LogP contribution in [-0.4, -0.2) is 36.1 Å². The molecule has 1 saturated heterocycles. The average Bonchev–Trinajstić information content (AvgIpc) is 2.27. The Morgan fingerprint density at radius 2 is 2.00 bits per heavy atom. The Balaban J connectivity index is 2.33. The van der Waals surface area contributed by atoms with Gasteiger partial charge in [-0.25, -0.2) is 0 Å². The lowest BCUT2D eigenvalue weighted by Gasteiger charge is -2.36. The number of aryl methyl sites for hydroxylation is 2. The number of carbonyl (C=O) groups is 1. The van der Waals surface area contributed by atoms with E-state index in [1.54, 1.807) is 7.11 Å².